The van der Waals surface area contributed by atoms with Gasteiger partial charge in [0, 0.05) is 19.2 Å². The molecular formula is C11H17N3O3. The van der Waals surface area contributed by atoms with Crippen LogP contribution in [0.3, 0.4) is 0 Å². The summed E-state index contributed by atoms with van der Waals surface area (Å²) >= 11 is 0. The molecule has 0 saturated heterocycles. The van der Waals surface area contributed by atoms with E-state index >= 15 is 0 Å². The Balaban J connectivity index is 2.63. The summed E-state index contributed by atoms with van der Waals surface area (Å²) in [7, 11) is 0. The summed E-state index contributed by atoms with van der Waals surface area (Å²) in [6, 6.07) is 1.49. The number of aliphatic hydroxyl groups excluding tert-OH is 1. The number of nitrogens with zero attached hydrogens (tertiary/aromatic N) is 2. The van der Waals surface area contributed by atoms with E-state index in [0.717, 1.165) is 12.0 Å². The Morgan fingerprint density at radius 1 is 1.65 bits per heavy atom. The first-order chi connectivity index (χ1) is 8.04. The Labute approximate surface area is 99.8 Å². The average Bonchev–Trinajstić information content (AvgIpc) is 2.27. The van der Waals surface area contributed by atoms with E-state index in [1.165, 1.54) is 12.3 Å². The monoisotopic (exact) mass is 239 g/mol. The number of pyridine rings is 1. The maximum Gasteiger partial charge on any atom is 0.287 e. The molecule has 6 nitrogen and oxygen atoms in total. The molecule has 1 heterocycles. The molecule has 1 unspecified atom stereocenters. The molecule has 0 fully saturated rings. The SMILES string of the molecule is Cc1cc([N+](=O)[O-])cnc1NCC(C)CCO. The minimum Gasteiger partial charge on any atom is -0.396 e. The Kier molecular flexibility index (Phi) is 4.84. The number of rotatable bonds is 6. The van der Waals surface area contributed by atoms with Crippen LogP contribution in [-0.4, -0.2) is 28.2 Å². The van der Waals surface area contributed by atoms with Gasteiger partial charge in [0.15, 0.2) is 0 Å². The summed E-state index contributed by atoms with van der Waals surface area (Å²) in [5.41, 5.74) is 0.742. The highest BCUT2D eigenvalue weighted by Gasteiger charge is 2.09. The number of hydrogen-bond acceptors (Lipinski definition) is 5. The third-order valence-corrected chi connectivity index (χ3v) is 2.51. The summed E-state index contributed by atoms with van der Waals surface area (Å²) in [6.07, 6.45) is 1.96. The lowest BCUT2D eigenvalue weighted by molar-refractivity contribution is -0.385. The van der Waals surface area contributed by atoms with Gasteiger partial charge >= 0.3 is 0 Å². The zero-order valence-electron chi connectivity index (χ0n) is 10.0. The van der Waals surface area contributed by atoms with Gasteiger partial charge in [0.1, 0.15) is 12.0 Å². The number of nitro groups is 1. The van der Waals surface area contributed by atoms with E-state index in [9.17, 15) is 10.1 Å². The minimum atomic E-state index is -0.460. The average molecular weight is 239 g/mol. The topological polar surface area (TPSA) is 88.3 Å². The molecule has 1 atom stereocenters. The van der Waals surface area contributed by atoms with Crippen LogP contribution in [-0.2, 0) is 0 Å². The van der Waals surface area contributed by atoms with Crippen LogP contribution in [0.5, 0.6) is 0 Å². The highest BCUT2D eigenvalue weighted by atomic mass is 16.6. The molecule has 1 aromatic rings. The van der Waals surface area contributed by atoms with Crippen LogP contribution in [0.25, 0.3) is 0 Å². The summed E-state index contributed by atoms with van der Waals surface area (Å²) in [6.45, 7) is 4.64. The molecule has 0 aliphatic rings. The Hall–Kier alpha value is -1.69. The second kappa shape index (κ2) is 6.15. The van der Waals surface area contributed by atoms with Crippen molar-refractivity contribution in [1.82, 2.24) is 4.98 Å². The Morgan fingerprint density at radius 3 is 2.88 bits per heavy atom. The van der Waals surface area contributed by atoms with E-state index in [1.807, 2.05) is 6.92 Å². The molecule has 0 radical (unpaired) electrons. The van der Waals surface area contributed by atoms with Gasteiger partial charge in [-0.2, -0.15) is 0 Å². The predicted octanol–water partition coefficient (Wildman–Crippen LogP) is 1.73. The first-order valence-electron chi connectivity index (χ1n) is 5.50. The molecule has 1 rings (SSSR count). The summed E-state index contributed by atoms with van der Waals surface area (Å²) < 4.78 is 0. The molecule has 0 aliphatic heterocycles. The maximum absolute atomic E-state index is 10.5. The summed E-state index contributed by atoms with van der Waals surface area (Å²) in [5.74, 6) is 0.983. The molecule has 0 bridgehead atoms. The molecule has 94 valence electrons. The number of hydrogen-bond donors (Lipinski definition) is 2. The number of nitrogens with one attached hydrogen (secondary N) is 1. The van der Waals surface area contributed by atoms with Crippen molar-refractivity contribution < 1.29 is 10.0 Å². The zero-order valence-corrected chi connectivity index (χ0v) is 10.0. The lowest BCUT2D eigenvalue weighted by atomic mass is 10.1. The van der Waals surface area contributed by atoms with Crippen molar-refractivity contribution in [3.05, 3.63) is 27.9 Å². The maximum atomic E-state index is 10.5. The van der Waals surface area contributed by atoms with Crippen molar-refractivity contribution in [2.24, 2.45) is 5.92 Å². The van der Waals surface area contributed by atoms with E-state index in [0.29, 0.717) is 18.3 Å². The van der Waals surface area contributed by atoms with E-state index in [2.05, 4.69) is 10.3 Å². The molecule has 0 spiro atoms. The molecule has 2 N–H and O–H groups in total. The van der Waals surface area contributed by atoms with Gasteiger partial charge in [0.2, 0.25) is 0 Å². The van der Waals surface area contributed by atoms with E-state index in [-0.39, 0.29) is 12.3 Å². The first-order valence-corrected chi connectivity index (χ1v) is 5.50. The van der Waals surface area contributed by atoms with Crippen molar-refractivity contribution >= 4 is 11.5 Å². The van der Waals surface area contributed by atoms with Gasteiger partial charge in [-0.05, 0) is 24.8 Å². The van der Waals surface area contributed by atoms with Crippen LogP contribution in [0.4, 0.5) is 11.5 Å². The Bertz CT molecular complexity index is 396. The van der Waals surface area contributed by atoms with Crippen LogP contribution in [0.15, 0.2) is 12.3 Å². The molecule has 0 aromatic carbocycles. The van der Waals surface area contributed by atoms with Crippen molar-refractivity contribution in [1.29, 1.82) is 0 Å². The minimum absolute atomic E-state index is 0.00328. The van der Waals surface area contributed by atoms with E-state index < -0.39 is 4.92 Å². The van der Waals surface area contributed by atoms with Crippen molar-refractivity contribution in [3.63, 3.8) is 0 Å². The fourth-order valence-corrected chi connectivity index (χ4v) is 1.44. The molecule has 17 heavy (non-hydrogen) atoms. The van der Waals surface area contributed by atoms with Crippen LogP contribution >= 0.6 is 0 Å². The zero-order chi connectivity index (χ0) is 12.8. The van der Waals surface area contributed by atoms with E-state index in [4.69, 9.17) is 5.11 Å². The van der Waals surface area contributed by atoms with Crippen LogP contribution in [0, 0.1) is 23.0 Å². The van der Waals surface area contributed by atoms with Crippen molar-refractivity contribution in [3.8, 4) is 0 Å². The highest BCUT2D eigenvalue weighted by molar-refractivity contribution is 5.48. The third-order valence-electron chi connectivity index (χ3n) is 2.51. The number of aryl methyl sites for hydroxylation is 1. The van der Waals surface area contributed by atoms with E-state index in [1.54, 1.807) is 6.92 Å². The molecular weight excluding hydrogens is 222 g/mol. The summed E-state index contributed by atoms with van der Waals surface area (Å²) in [5, 5.41) is 22.4. The van der Waals surface area contributed by atoms with Gasteiger partial charge in [0.25, 0.3) is 5.69 Å². The Morgan fingerprint density at radius 2 is 2.35 bits per heavy atom. The van der Waals surface area contributed by atoms with Gasteiger partial charge < -0.3 is 10.4 Å². The number of anilines is 1. The largest absolute Gasteiger partial charge is 0.396 e. The lowest BCUT2D eigenvalue weighted by Crippen LogP contribution is -2.14. The molecule has 0 saturated carbocycles. The second-order valence-electron chi connectivity index (χ2n) is 4.11. The number of aliphatic hydroxyl groups is 1. The standard InChI is InChI=1S/C11H17N3O3/c1-8(3-4-15)6-12-11-9(2)5-10(7-13-11)14(16)17/h5,7-8,15H,3-4,6H2,1-2H3,(H,12,13). The first kappa shape index (κ1) is 13.4. The van der Waals surface area contributed by atoms with Crippen LogP contribution < -0.4 is 5.32 Å². The number of aromatic nitrogens is 1. The van der Waals surface area contributed by atoms with Gasteiger partial charge in [-0.3, -0.25) is 10.1 Å². The quantitative estimate of drug-likeness (QED) is 0.583. The van der Waals surface area contributed by atoms with Crippen molar-refractivity contribution in [2.75, 3.05) is 18.5 Å². The fourth-order valence-electron chi connectivity index (χ4n) is 1.44. The summed E-state index contributed by atoms with van der Waals surface area (Å²) in [4.78, 5) is 14.1. The van der Waals surface area contributed by atoms with Gasteiger partial charge in [-0.25, -0.2) is 4.98 Å². The second-order valence-corrected chi connectivity index (χ2v) is 4.11. The molecule has 0 aliphatic carbocycles. The van der Waals surface area contributed by atoms with Crippen LogP contribution in [0.2, 0.25) is 0 Å². The lowest BCUT2D eigenvalue weighted by Gasteiger charge is -2.12. The predicted molar refractivity (Wildman–Crippen MR) is 65.0 cm³/mol. The normalized spacial score (nSPS) is 12.2. The molecule has 1 aromatic heterocycles. The smallest absolute Gasteiger partial charge is 0.287 e. The van der Waals surface area contributed by atoms with Gasteiger partial charge in [-0.1, -0.05) is 6.92 Å². The van der Waals surface area contributed by atoms with Gasteiger partial charge in [0.05, 0.1) is 4.92 Å². The van der Waals surface area contributed by atoms with Crippen LogP contribution in [0.1, 0.15) is 18.9 Å². The highest BCUT2D eigenvalue weighted by Crippen LogP contribution is 2.18. The molecule has 0 amide bonds. The van der Waals surface area contributed by atoms with Gasteiger partial charge in [-0.15, -0.1) is 0 Å². The molecule has 6 heteroatoms. The third kappa shape index (κ3) is 3.99. The van der Waals surface area contributed by atoms with Crippen molar-refractivity contribution in [2.45, 2.75) is 20.3 Å². The fraction of sp³-hybridized carbons (Fsp3) is 0.545.